The Kier molecular flexibility index (Phi) is 4.38. The van der Waals surface area contributed by atoms with E-state index < -0.39 is 0 Å². The van der Waals surface area contributed by atoms with Crippen molar-refractivity contribution in [3.63, 3.8) is 0 Å². The van der Waals surface area contributed by atoms with Crippen LogP contribution in [0.15, 0.2) is 12.1 Å². The van der Waals surface area contributed by atoms with Gasteiger partial charge in [0, 0.05) is 6.42 Å². The fourth-order valence-corrected chi connectivity index (χ4v) is 1.93. The molecule has 1 rings (SSSR count). The van der Waals surface area contributed by atoms with E-state index in [9.17, 15) is 4.79 Å². The van der Waals surface area contributed by atoms with E-state index in [1.54, 1.807) is 12.1 Å². The minimum atomic E-state index is -0.0125. The fraction of sp³-hybridized carbons (Fsp3) is 0.444. The Hall–Kier alpha value is -0.580. The van der Waals surface area contributed by atoms with Crippen LogP contribution >= 0.6 is 22.9 Å². The van der Waals surface area contributed by atoms with E-state index in [1.165, 1.54) is 11.3 Å². The van der Waals surface area contributed by atoms with Gasteiger partial charge < -0.3 is 11.1 Å². The van der Waals surface area contributed by atoms with Crippen LogP contribution in [0.1, 0.15) is 13.3 Å². The van der Waals surface area contributed by atoms with Crippen molar-refractivity contribution in [2.24, 2.45) is 11.7 Å². The number of thiophene rings is 1. The molecule has 14 heavy (non-hydrogen) atoms. The summed E-state index contributed by atoms with van der Waals surface area (Å²) in [4.78, 5) is 11.4. The predicted octanol–water partition coefficient (Wildman–Crippen LogP) is 2.32. The first kappa shape index (κ1) is 11.5. The van der Waals surface area contributed by atoms with Crippen LogP contribution < -0.4 is 11.1 Å². The zero-order chi connectivity index (χ0) is 10.6. The van der Waals surface area contributed by atoms with Gasteiger partial charge in [0.05, 0.1) is 9.34 Å². The van der Waals surface area contributed by atoms with E-state index in [0.717, 1.165) is 5.00 Å². The Morgan fingerprint density at radius 1 is 1.71 bits per heavy atom. The summed E-state index contributed by atoms with van der Waals surface area (Å²) in [5.41, 5.74) is 5.42. The molecule has 0 saturated heterocycles. The van der Waals surface area contributed by atoms with E-state index in [4.69, 9.17) is 17.3 Å². The van der Waals surface area contributed by atoms with Crippen LogP contribution in [0.4, 0.5) is 5.00 Å². The summed E-state index contributed by atoms with van der Waals surface area (Å²) in [6.45, 7) is 2.47. The van der Waals surface area contributed by atoms with E-state index in [1.807, 2.05) is 6.92 Å². The van der Waals surface area contributed by atoms with Crippen molar-refractivity contribution in [1.29, 1.82) is 0 Å². The molecule has 3 nitrogen and oxygen atoms in total. The maximum absolute atomic E-state index is 11.4. The molecule has 78 valence electrons. The second-order valence-corrected chi connectivity index (χ2v) is 4.91. The molecule has 0 spiro atoms. The third-order valence-electron chi connectivity index (χ3n) is 1.77. The number of hydrogen-bond donors (Lipinski definition) is 2. The fourth-order valence-electron chi connectivity index (χ4n) is 0.970. The van der Waals surface area contributed by atoms with Crippen LogP contribution in [-0.2, 0) is 4.79 Å². The summed E-state index contributed by atoms with van der Waals surface area (Å²) in [7, 11) is 0. The van der Waals surface area contributed by atoms with Gasteiger partial charge in [-0.05, 0) is 24.6 Å². The molecule has 0 aliphatic carbocycles. The van der Waals surface area contributed by atoms with Crippen molar-refractivity contribution in [3.05, 3.63) is 16.5 Å². The number of anilines is 1. The number of hydrogen-bond acceptors (Lipinski definition) is 3. The van der Waals surface area contributed by atoms with Gasteiger partial charge in [-0.15, -0.1) is 11.3 Å². The van der Waals surface area contributed by atoms with Gasteiger partial charge in [-0.1, -0.05) is 18.5 Å². The number of carbonyl (C=O) groups is 1. The quantitative estimate of drug-likeness (QED) is 0.837. The summed E-state index contributed by atoms with van der Waals surface area (Å²) in [6.07, 6.45) is 0.450. The lowest BCUT2D eigenvalue weighted by Crippen LogP contribution is -2.19. The first-order valence-electron chi connectivity index (χ1n) is 4.37. The average molecular weight is 233 g/mol. The van der Waals surface area contributed by atoms with Crippen molar-refractivity contribution >= 4 is 33.8 Å². The van der Waals surface area contributed by atoms with Crippen molar-refractivity contribution in [2.75, 3.05) is 11.9 Å². The summed E-state index contributed by atoms with van der Waals surface area (Å²) in [6, 6.07) is 3.55. The zero-order valence-corrected chi connectivity index (χ0v) is 9.49. The third kappa shape index (κ3) is 3.65. The molecule has 0 aliphatic heterocycles. The molecule has 0 radical (unpaired) electrons. The summed E-state index contributed by atoms with van der Waals surface area (Å²) >= 11 is 7.08. The van der Waals surface area contributed by atoms with Gasteiger partial charge in [-0.25, -0.2) is 0 Å². The number of amides is 1. The van der Waals surface area contributed by atoms with Gasteiger partial charge in [0.2, 0.25) is 5.91 Å². The summed E-state index contributed by atoms with van der Waals surface area (Å²) in [5.74, 6) is 0.201. The first-order valence-corrected chi connectivity index (χ1v) is 5.56. The topological polar surface area (TPSA) is 55.1 Å². The Morgan fingerprint density at radius 3 is 2.93 bits per heavy atom. The van der Waals surface area contributed by atoms with Crippen molar-refractivity contribution in [2.45, 2.75) is 13.3 Å². The minimum absolute atomic E-state index is 0.0125. The van der Waals surface area contributed by atoms with Crippen LogP contribution in [-0.4, -0.2) is 12.5 Å². The van der Waals surface area contributed by atoms with Gasteiger partial charge in [-0.3, -0.25) is 4.79 Å². The van der Waals surface area contributed by atoms with E-state index >= 15 is 0 Å². The molecule has 1 amide bonds. The van der Waals surface area contributed by atoms with Gasteiger partial charge in [-0.2, -0.15) is 0 Å². The normalized spacial score (nSPS) is 12.5. The highest BCUT2D eigenvalue weighted by molar-refractivity contribution is 7.20. The van der Waals surface area contributed by atoms with Crippen LogP contribution in [0.2, 0.25) is 4.34 Å². The molecular formula is C9H13ClN2OS. The standard InChI is InChI=1S/C9H13ClN2OS/c1-6(5-11)4-8(13)12-9-3-2-7(10)14-9/h2-3,6H,4-5,11H2,1H3,(H,12,13). The van der Waals surface area contributed by atoms with Crippen molar-refractivity contribution < 1.29 is 4.79 Å². The largest absolute Gasteiger partial charge is 0.330 e. The van der Waals surface area contributed by atoms with E-state index in [2.05, 4.69) is 5.32 Å². The lowest BCUT2D eigenvalue weighted by molar-refractivity contribution is -0.116. The highest BCUT2D eigenvalue weighted by atomic mass is 35.5. The number of halogens is 1. The smallest absolute Gasteiger partial charge is 0.225 e. The third-order valence-corrected chi connectivity index (χ3v) is 2.92. The number of rotatable bonds is 4. The van der Waals surface area contributed by atoms with Gasteiger partial charge in [0.15, 0.2) is 0 Å². The van der Waals surface area contributed by atoms with Crippen LogP contribution in [0.5, 0.6) is 0 Å². The minimum Gasteiger partial charge on any atom is -0.330 e. The molecule has 0 aliphatic rings. The van der Waals surface area contributed by atoms with Gasteiger partial charge in [0.1, 0.15) is 0 Å². The van der Waals surface area contributed by atoms with Crippen molar-refractivity contribution in [3.8, 4) is 0 Å². The SMILES string of the molecule is CC(CN)CC(=O)Nc1ccc(Cl)s1. The van der Waals surface area contributed by atoms with Crippen LogP contribution in [0.3, 0.4) is 0 Å². The summed E-state index contributed by atoms with van der Waals surface area (Å²) < 4.78 is 0.673. The van der Waals surface area contributed by atoms with Gasteiger partial charge >= 0.3 is 0 Å². The predicted molar refractivity (Wildman–Crippen MR) is 60.8 cm³/mol. The van der Waals surface area contributed by atoms with E-state index in [0.29, 0.717) is 17.3 Å². The Morgan fingerprint density at radius 2 is 2.43 bits per heavy atom. The molecule has 1 aromatic heterocycles. The first-order chi connectivity index (χ1) is 6.61. The molecule has 0 aromatic carbocycles. The van der Waals surface area contributed by atoms with Crippen LogP contribution in [0, 0.1) is 5.92 Å². The van der Waals surface area contributed by atoms with Crippen molar-refractivity contribution in [1.82, 2.24) is 0 Å². The number of nitrogens with one attached hydrogen (secondary N) is 1. The molecule has 0 bridgehead atoms. The highest BCUT2D eigenvalue weighted by Gasteiger charge is 2.08. The lowest BCUT2D eigenvalue weighted by Gasteiger charge is -2.07. The Balaban J connectivity index is 2.41. The second kappa shape index (κ2) is 5.34. The molecule has 5 heteroatoms. The van der Waals surface area contributed by atoms with Crippen LogP contribution in [0.25, 0.3) is 0 Å². The molecule has 1 heterocycles. The molecule has 0 saturated carbocycles. The van der Waals surface area contributed by atoms with Gasteiger partial charge in [0.25, 0.3) is 0 Å². The monoisotopic (exact) mass is 232 g/mol. The average Bonchev–Trinajstić information content (AvgIpc) is 2.50. The second-order valence-electron chi connectivity index (χ2n) is 3.20. The maximum atomic E-state index is 11.4. The molecule has 3 N–H and O–H groups in total. The molecule has 1 atom stereocenters. The lowest BCUT2D eigenvalue weighted by atomic mass is 10.1. The zero-order valence-electron chi connectivity index (χ0n) is 7.92. The maximum Gasteiger partial charge on any atom is 0.225 e. The molecular weight excluding hydrogens is 220 g/mol. The Bertz CT molecular complexity index is 314. The number of carbonyl (C=O) groups excluding carboxylic acids is 1. The number of nitrogens with two attached hydrogens (primary N) is 1. The molecule has 1 unspecified atom stereocenters. The Labute approximate surface area is 92.3 Å². The highest BCUT2D eigenvalue weighted by Crippen LogP contribution is 2.26. The molecule has 0 fully saturated rings. The summed E-state index contributed by atoms with van der Waals surface area (Å²) in [5, 5.41) is 3.55. The molecule has 1 aromatic rings. The van der Waals surface area contributed by atoms with E-state index in [-0.39, 0.29) is 11.8 Å².